The van der Waals surface area contributed by atoms with Crippen LogP contribution in [0, 0.1) is 5.82 Å². The van der Waals surface area contributed by atoms with Crippen LogP contribution < -0.4 is 4.31 Å². The predicted molar refractivity (Wildman–Crippen MR) is 134 cm³/mol. The molecule has 192 valence electrons. The minimum absolute atomic E-state index is 0.0324. The molecule has 1 aromatic carbocycles. The van der Waals surface area contributed by atoms with Crippen LogP contribution >= 0.6 is 0 Å². The number of benzene rings is 1. The fourth-order valence-corrected chi connectivity index (χ4v) is 4.15. The molecule has 1 unspecified atom stereocenters. The Balaban J connectivity index is 2.08. The highest BCUT2D eigenvalue weighted by Gasteiger charge is 2.28. The lowest BCUT2D eigenvalue weighted by Crippen LogP contribution is -2.36. The Kier molecular flexibility index (Phi) is 8.98. The van der Waals surface area contributed by atoms with E-state index in [0.29, 0.717) is 42.0 Å². The standard InChI is InChI=1S/C25H34FN3O5S/c1-6-13-33-22-15-19(30)14-20(34-22)11-12-21-23(16(2)3)27-25(29(4)35(5,31)32)28-24(21)17-7-9-18(26)10-8-17/h7-12,16,19-20,22,30H,6,13-15H2,1-5H3/t19-,20-,22?/m1/s1. The van der Waals surface area contributed by atoms with E-state index >= 15 is 0 Å². The third-order valence-corrected chi connectivity index (χ3v) is 6.85. The molecule has 1 fully saturated rings. The lowest BCUT2D eigenvalue weighted by molar-refractivity contribution is -0.203. The monoisotopic (exact) mass is 507 g/mol. The van der Waals surface area contributed by atoms with Gasteiger partial charge in [-0.3, -0.25) is 0 Å². The van der Waals surface area contributed by atoms with Crippen molar-refractivity contribution in [3.8, 4) is 11.3 Å². The summed E-state index contributed by atoms with van der Waals surface area (Å²) in [7, 11) is -2.20. The fourth-order valence-electron chi connectivity index (χ4n) is 3.77. The third kappa shape index (κ3) is 7.07. The van der Waals surface area contributed by atoms with Crippen molar-refractivity contribution in [3.05, 3.63) is 47.4 Å². The molecule has 0 saturated carbocycles. The van der Waals surface area contributed by atoms with Gasteiger partial charge in [0, 0.05) is 37.6 Å². The third-order valence-electron chi connectivity index (χ3n) is 5.69. The molecular weight excluding hydrogens is 473 g/mol. The number of aromatic nitrogens is 2. The molecule has 0 spiro atoms. The molecule has 1 aromatic heterocycles. The zero-order chi connectivity index (χ0) is 25.8. The average molecular weight is 508 g/mol. The molecule has 35 heavy (non-hydrogen) atoms. The van der Waals surface area contributed by atoms with Crippen LogP contribution in [-0.4, -0.2) is 61.9 Å². The van der Waals surface area contributed by atoms with Crippen LogP contribution in [0.3, 0.4) is 0 Å². The van der Waals surface area contributed by atoms with Crippen molar-refractivity contribution in [2.45, 2.75) is 64.4 Å². The van der Waals surface area contributed by atoms with Gasteiger partial charge in [-0.05, 0) is 36.6 Å². The van der Waals surface area contributed by atoms with Crippen LogP contribution in [0.5, 0.6) is 0 Å². The Bertz CT molecular complexity index is 1140. The van der Waals surface area contributed by atoms with Crippen molar-refractivity contribution >= 4 is 22.0 Å². The van der Waals surface area contributed by atoms with Gasteiger partial charge >= 0.3 is 0 Å². The predicted octanol–water partition coefficient (Wildman–Crippen LogP) is 4.11. The van der Waals surface area contributed by atoms with Gasteiger partial charge in [-0.15, -0.1) is 0 Å². The number of rotatable bonds is 9. The minimum atomic E-state index is -3.60. The summed E-state index contributed by atoms with van der Waals surface area (Å²) in [4.78, 5) is 9.14. The molecule has 3 rings (SSSR count). The maximum Gasteiger partial charge on any atom is 0.239 e. The van der Waals surface area contributed by atoms with Crippen molar-refractivity contribution < 1.29 is 27.4 Å². The van der Waals surface area contributed by atoms with Crippen molar-refractivity contribution in [3.63, 3.8) is 0 Å². The largest absolute Gasteiger partial charge is 0.393 e. The molecule has 0 aliphatic carbocycles. The molecule has 2 aromatic rings. The van der Waals surface area contributed by atoms with Gasteiger partial charge in [0.05, 0.1) is 29.9 Å². The zero-order valence-corrected chi connectivity index (χ0v) is 21.6. The molecule has 1 aliphatic heterocycles. The summed E-state index contributed by atoms with van der Waals surface area (Å²) in [6.45, 7) is 6.46. The summed E-state index contributed by atoms with van der Waals surface area (Å²) in [6.07, 6.45) is 5.00. The van der Waals surface area contributed by atoms with E-state index in [1.54, 1.807) is 12.1 Å². The Labute approximate surface area is 206 Å². The summed E-state index contributed by atoms with van der Waals surface area (Å²) < 4.78 is 50.7. The van der Waals surface area contributed by atoms with Crippen LogP contribution in [0.2, 0.25) is 0 Å². The molecule has 10 heteroatoms. The van der Waals surface area contributed by atoms with Crippen molar-refractivity contribution in [2.75, 3.05) is 24.2 Å². The average Bonchev–Trinajstić information content (AvgIpc) is 2.80. The van der Waals surface area contributed by atoms with Crippen LogP contribution in [-0.2, 0) is 19.5 Å². The highest BCUT2D eigenvalue weighted by Crippen LogP contribution is 2.32. The maximum absolute atomic E-state index is 13.6. The van der Waals surface area contributed by atoms with Gasteiger partial charge in [0.15, 0.2) is 6.29 Å². The van der Waals surface area contributed by atoms with E-state index in [0.717, 1.165) is 17.0 Å². The molecule has 1 saturated heterocycles. The van der Waals surface area contributed by atoms with Crippen molar-refractivity contribution in [1.82, 2.24) is 9.97 Å². The van der Waals surface area contributed by atoms with Gasteiger partial charge < -0.3 is 14.6 Å². The quantitative estimate of drug-likeness (QED) is 0.545. The van der Waals surface area contributed by atoms with Gasteiger partial charge in [-0.2, -0.15) is 0 Å². The molecule has 1 aliphatic rings. The lowest BCUT2D eigenvalue weighted by Gasteiger charge is -2.31. The first kappa shape index (κ1) is 27.2. The Morgan fingerprint density at radius 3 is 2.54 bits per heavy atom. The van der Waals surface area contributed by atoms with E-state index in [9.17, 15) is 17.9 Å². The van der Waals surface area contributed by atoms with Crippen LogP contribution in [0.15, 0.2) is 30.3 Å². The summed E-state index contributed by atoms with van der Waals surface area (Å²) in [6, 6.07) is 5.85. The van der Waals surface area contributed by atoms with E-state index < -0.39 is 22.4 Å². The van der Waals surface area contributed by atoms with E-state index in [2.05, 4.69) is 9.97 Å². The molecule has 0 radical (unpaired) electrons. The van der Waals surface area contributed by atoms with E-state index in [1.807, 2.05) is 32.9 Å². The lowest BCUT2D eigenvalue weighted by atomic mass is 9.97. The fraction of sp³-hybridized carbons (Fsp3) is 0.520. The van der Waals surface area contributed by atoms with E-state index in [-0.39, 0.29) is 23.8 Å². The molecule has 8 nitrogen and oxygen atoms in total. The van der Waals surface area contributed by atoms with Crippen molar-refractivity contribution in [1.29, 1.82) is 0 Å². The van der Waals surface area contributed by atoms with Crippen LogP contribution in [0.25, 0.3) is 17.3 Å². The summed E-state index contributed by atoms with van der Waals surface area (Å²) >= 11 is 0. The first-order chi connectivity index (χ1) is 16.5. The number of hydrogen-bond donors (Lipinski definition) is 1. The van der Waals surface area contributed by atoms with Gasteiger partial charge in [0.2, 0.25) is 16.0 Å². The van der Waals surface area contributed by atoms with Gasteiger partial charge in [-0.25, -0.2) is 27.1 Å². The second-order valence-electron chi connectivity index (χ2n) is 9.02. The highest BCUT2D eigenvalue weighted by molar-refractivity contribution is 7.92. The SMILES string of the molecule is CCCOC1C[C@H](O)C[C@@H](C=Cc2c(-c3ccc(F)cc3)nc(N(C)S(C)(=O)=O)nc2C(C)C)O1. The molecule has 2 heterocycles. The number of hydrogen-bond acceptors (Lipinski definition) is 7. The summed E-state index contributed by atoms with van der Waals surface area (Å²) in [5.41, 5.74) is 2.40. The molecule has 0 amide bonds. The summed E-state index contributed by atoms with van der Waals surface area (Å²) in [5.74, 6) is -0.424. The molecular formula is C25H34FN3O5S. The number of ether oxygens (including phenoxy) is 2. The van der Waals surface area contributed by atoms with E-state index in [1.165, 1.54) is 19.2 Å². The normalized spacial score (nSPS) is 21.1. The topological polar surface area (TPSA) is 102 Å². The first-order valence-electron chi connectivity index (χ1n) is 11.7. The van der Waals surface area contributed by atoms with Crippen LogP contribution in [0.1, 0.15) is 57.2 Å². The second-order valence-corrected chi connectivity index (χ2v) is 11.0. The zero-order valence-electron chi connectivity index (χ0n) is 20.8. The number of sulfonamides is 1. The number of nitrogens with zero attached hydrogens (tertiary/aromatic N) is 3. The van der Waals surface area contributed by atoms with Gasteiger partial charge in [0.25, 0.3) is 0 Å². The molecule has 3 atom stereocenters. The molecule has 0 bridgehead atoms. The minimum Gasteiger partial charge on any atom is -0.393 e. The van der Waals surface area contributed by atoms with E-state index in [4.69, 9.17) is 9.47 Å². The number of aliphatic hydroxyl groups excluding tert-OH is 1. The Morgan fingerprint density at radius 2 is 1.94 bits per heavy atom. The Morgan fingerprint density at radius 1 is 1.26 bits per heavy atom. The van der Waals surface area contributed by atoms with Gasteiger partial charge in [-0.1, -0.05) is 32.9 Å². The smallest absolute Gasteiger partial charge is 0.239 e. The number of halogens is 1. The first-order valence-corrected chi connectivity index (χ1v) is 13.6. The highest BCUT2D eigenvalue weighted by atomic mass is 32.2. The number of aliphatic hydroxyl groups is 1. The van der Waals surface area contributed by atoms with Crippen molar-refractivity contribution in [2.24, 2.45) is 0 Å². The number of anilines is 1. The molecule has 1 N–H and O–H groups in total. The van der Waals surface area contributed by atoms with Crippen LogP contribution in [0.4, 0.5) is 10.3 Å². The second kappa shape index (κ2) is 11.6. The summed E-state index contributed by atoms with van der Waals surface area (Å²) in [5, 5.41) is 10.3. The van der Waals surface area contributed by atoms with Gasteiger partial charge in [0.1, 0.15) is 5.82 Å². The maximum atomic E-state index is 13.6. The Hall–Kier alpha value is -2.40.